The average molecular weight is 483 g/mol. The Morgan fingerprint density at radius 1 is 0.938 bits per heavy atom. The van der Waals surface area contributed by atoms with Crippen molar-refractivity contribution in [3.63, 3.8) is 0 Å². The highest BCUT2D eigenvalue weighted by Crippen LogP contribution is 2.43. The molecular formula is C18H30NO12P. The molecule has 0 aromatic carbocycles. The Kier molecular flexibility index (Phi) is 10.2. The van der Waals surface area contributed by atoms with Gasteiger partial charge in [0.25, 0.3) is 0 Å². The molecule has 184 valence electrons. The molecule has 1 heterocycles. The standard InChI is InChI=1S/C18H30NO12P/c1-8(2)13(17(23)26-7)19-32(24,25)31-18-16(30-12(6)22)15(29-11(5)21)14(9(3)27-18)28-10(4)20/h8-9,13-16,18H,1-7H3,(H2,19,24,25)/t9-,13-,14-,15+,16+,18-/m0/s1. The average Bonchev–Trinajstić information content (AvgIpc) is 2.63. The highest BCUT2D eigenvalue weighted by molar-refractivity contribution is 7.50. The smallest absolute Gasteiger partial charge is 0.406 e. The van der Waals surface area contributed by atoms with Crippen LogP contribution in [0.4, 0.5) is 0 Å². The predicted octanol–water partition coefficient (Wildman–Crippen LogP) is 0.431. The predicted molar refractivity (Wildman–Crippen MR) is 106 cm³/mol. The molecule has 0 saturated carbocycles. The SMILES string of the molecule is COC(=O)[C@@H](NP(=O)(O)O[C@@H]1O[C@@H](C)[C@H](OC(C)=O)[C@@H](OC(C)=O)[C@H]1OC(C)=O)C(C)C. The van der Waals surface area contributed by atoms with Crippen LogP contribution in [0.15, 0.2) is 0 Å². The number of nitrogens with one attached hydrogen (secondary N) is 1. The molecule has 0 radical (unpaired) electrons. The number of hydrogen-bond donors (Lipinski definition) is 2. The maximum absolute atomic E-state index is 12.7. The first kappa shape index (κ1) is 28.0. The molecule has 0 spiro atoms. The van der Waals surface area contributed by atoms with Gasteiger partial charge in [0, 0.05) is 20.8 Å². The topological polar surface area (TPSA) is 173 Å². The summed E-state index contributed by atoms with van der Waals surface area (Å²) < 4.78 is 43.5. The lowest BCUT2D eigenvalue weighted by atomic mass is 9.99. The lowest BCUT2D eigenvalue weighted by Crippen LogP contribution is -2.61. The largest absolute Gasteiger partial charge is 0.468 e. The van der Waals surface area contributed by atoms with Crippen LogP contribution in [0.1, 0.15) is 41.5 Å². The zero-order valence-corrected chi connectivity index (χ0v) is 19.8. The van der Waals surface area contributed by atoms with Gasteiger partial charge in [-0.1, -0.05) is 13.8 Å². The second-order valence-electron chi connectivity index (χ2n) is 7.43. The van der Waals surface area contributed by atoms with Gasteiger partial charge in [0.1, 0.15) is 6.04 Å². The number of rotatable bonds is 9. The van der Waals surface area contributed by atoms with Crippen LogP contribution in [-0.2, 0) is 52.0 Å². The molecule has 0 bridgehead atoms. The molecule has 13 nitrogen and oxygen atoms in total. The van der Waals surface area contributed by atoms with E-state index in [1.54, 1.807) is 13.8 Å². The van der Waals surface area contributed by atoms with Gasteiger partial charge < -0.3 is 28.6 Å². The fourth-order valence-corrected chi connectivity index (χ4v) is 4.27. The lowest BCUT2D eigenvalue weighted by Gasteiger charge is -2.43. The van der Waals surface area contributed by atoms with E-state index in [4.69, 9.17) is 23.5 Å². The van der Waals surface area contributed by atoms with E-state index >= 15 is 0 Å². The second-order valence-corrected chi connectivity index (χ2v) is 8.94. The zero-order valence-electron chi connectivity index (χ0n) is 18.9. The molecule has 1 rings (SSSR count). The van der Waals surface area contributed by atoms with Gasteiger partial charge in [-0.2, -0.15) is 0 Å². The molecule has 1 unspecified atom stereocenters. The number of ether oxygens (including phenoxy) is 5. The summed E-state index contributed by atoms with van der Waals surface area (Å²) in [4.78, 5) is 57.1. The van der Waals surface area contributed by atoms with Crippen molar-refractivity contribution in [1.29, 1.82) is 0 Å². The van der Waals surface area contributed by atoms with Gasteiger partial charge in [-0.3, -0.25) is 23.7 Å². The summed E-state index contributed by atoms with van der Waals surface area (Å²) in [6.45, 7) is 7.89. The normalized spacial score (nSPS) is 28.2. The fourth-order valence-electron chi connectivity index (χ4n) is 3.00. The molecular weight excluding hydrogens is 453 g/mol. The second kappa shape index (κ2) is 11.7. The van der Waals surface area contributed by atoms with Crippen molar-refractivity contribution >= 4 is 31.6 Å². The Bertz CT molecular complexity index is 756. The van der Waals surface area contributed by atoms with Crippen molar-refractivity contribution in [2.75, 3.05) is 7.11 Å². The van der Waals surface area contributed by atoms with E-state index in [-0.39, 0.29) is 0 Å². The molecule has 0 aromatic rings. The Hall–Kier alpha value is -2.05. The molecule has 1 fully saturated rings. The summed E-state index contributed by atoms with van der Waals surface area (Å²) >= 11 is 0. The van der Waals surface area contributed by atoms with Crippen molar-refractivity contribution < 1.29 is 56.8 Å². The van der Waals surface area contributed by atoms with Crippen molar-refractivity contribution in [3.05, 3.63) is 0 Å². The van der Waals surface area contributed by atoms with Crippen molar-refractivity contribution in [3.8, 4) is 0 Å². The van der Waals surface area contributed by atoms with E-state index in [0.29, 0.717) is 0 Å². The van der Waals surface area contributed by atoms with Crippen LogP contribution >= 0.6 is 7.75 Å². The molecule has 0 amide bonds. The Morgan fingerprint density at radius 2 is 1.41 bits per heavy atom. The molecule has 1 aliphatic rings. The van der Waals surface area contributed by atoms with Gasteiger partial charge in [0.05, 0.1) is 13.2 Å². The van der Waals surface area contributed by atoms with Crippen LogP contribution < -0.4 is 5.09 Å². The summed E-state index contributed by atoms with van der Waals surface area (Å²) in [6.07, 6.45) is -6.91. The van der Waals surface area contributed by atoms with Gasteiger partial charge >= 0.3 is 31.6 Å². The van der Waals surface area contributed by atoms with Gasteiger partial charge in [0.2, 0.25) is 6.29 Å². The van der Waals surface area contributed by atoms with Gasteiger partial charge in [-0.05, 0) is 12.8 Å². The summed E-state index contributed by atoms with van der Waals surface area (Å²) in [5, 5.41) is 2.18. The maximum Gasteiger partial charge on any atom is 0.406 e. The maximum atomic E-state index is 12.7. The van der Waals surface area contributed by atoms with Crippen LogP contribution in [0.3, 0.4) is 0 Å². The summed E-state index contributed by atoms with van der Waals surface area (Å²) in [5.41, 5.74) is 0. The zero-order chi connectivity index (χ0) is 24.8. The van der Waals surface area contributed by atoms with Crippen LogP contribution in [-0.4, -0.2) is 72.6 Å². The number of esters is 4. The molecule has 32 heavy (non-hydrogen) atoms. The molecule has 1 aliphatic heterocycles. The van der Waals surface area contributed by atoms with E-state index in [1.165, 1.54) is 6.92 Å². The van der Waals surface area contributed by atoms with Crippen molar-refractivity contribution in [1.82, 2.24) is 5.09 Å². The molecule has 0 aromatic heterocycles. The first-order valence-corrected chi connectivity index (χ1v) is 11.3. The lowest BCUT2D eigenvalue weighted by molar-refractivity contribution is -0.281. The van der Waals surface area contributed by atoms with Crippen LogP contribution in [0.2, 0.25) is 0 Å². The third-order valence-electron chi connectivity index (χ3n) is 4.30. The molecule has 0 aliphatic carbocycles. The fraction of sp³-hybridized carbons (Fsp3) is 0.778. The molecule has 2 N–H and O–H groups in total. The van der Waals surface area contributed by atoms with E-state index in [1.807, 2.05) is 0 Å². The minimum Gasteiger partial charge on any atom is -0.468 e. The minimum absolute atomic E-state index is 0.455. The number of methoxy groups -OCH3 is 1. The molecule has 1 saturated heterocycles. The highest BCUT2D eigenvalue weighted by Gasteiger charge is 2.53. The Labute approximate surface area is 185 Å². The third kappa shape index (κ3) is 8.14. The Morgan fingerprint density at radius 3 is 1.84 bits per heavy atom. The first-order valence-electron chi connectivity index (χ1n) is 9.72. The van der Waals surface area contributed by atoms with E-state index in [0.717, 1.165) is 27.9 Å². The summed E-state index contributed by atoms with van der Waals surface area (Å²) in [7, 11) is -3.65. The van der Waals surface area contributed by atoms with Gasteiger partial charge in [-0.25, -0.2) is 9.65 Å². The monoisotopic (exact) mass is 483 g/mol. The first-order chi connectivity index (χ1) is 14.7. The van der Waals surface area contributed by atoms with Crippen LogP contribution in [0, 0.1) is 5.92 Å². The number of carbonyl (C=O) groups excluding carboxylic acids is 4. The number of hydrogen-bond acceptors (Lipinski definition) is 11. The van der Waals surface area contributed by atoms with Gasteiger partial charge in [0.15, 0.2) is 18.3 Å². The highest BCUT2D eigenvalue weighted by atomic mass is 31.2. The molecule has 14 heteroatoms. The minimum atomic E-state index is -4.77. The molecule has 7 atom stereocenters. The number of carbonyl (C=O) groups is 4. The van der Waals surface area contributed by atoms with Crippen molar-refractivity contribution in [2.24, 2.45) is 5.92 Å². The summed E-state index contributed by atoms with van der Waals surface area (Å²) in [5.74, 6) is -3.64. The van der Waals surface area contributed by atoms with Gasteiger partial charge in [-0.15, -0.1) is 0 Å². The quantitative estimate of drug-likeness (QED) is 0.263. The van der Waals surface area contributed by atoms with Crippen molar-refractivity contribution in [2.45, 2.75) is 78.3 Å². The summed E-state index contributed by atoms with van der Waals surface area (Å²) in [6, 6.07) is -1.21. The third-order valence-corrected chi connectivity index (χ3v) is 5.40. The van der Waals surface area contributed by atoms with Crippen LogP contribution in [0.5, 0.6) is 0 Å². The van der Waals surface area contributed by atoms with Crippen LogP contribution in [0.25, 0.3) is 0 Å². The van der Waals surface area contributed by atoms with E-state index in [9.17, 15) is 28.6 Å². The van der Waals surface area contributed by atoms with E-state index < -0.39 is 74.3 Å². The van der Waals surface area contributed by atoms with E-state index in [2.05, 4.69) is 9.82 Å². The Balaban J connectivity index is 3.26.